The molecule has 0 aromatic rings. The second-order valence-electron chi connectivity index (χ2n) is 3.92. The van der Waals surface area contributed by atoms with E-state index in [0.29, 0.717) is 6.42 Å². The highest BCUT2D eigenvalue weighted by Crippen LogP contribution is 2.19. The van der Waals surface area contributed by atoms with Crippen molar-refractivity contribution in [3.8, 4) is 0 Å². The third-order valence-corrected chi connectivity index (χ3v) is 2.87. The van der Waals surface area contributed by atoms with Crippen LogP contribution in [0.4, 0.5) is 0 Å². The molecule has 1 saturated heterocycles. The van der Waals surface area contributed by atoms with E-state index in [-0.39, 0.29) is 25.2 Å². The second kappa shape index (κ2) is 6.05. The third kappa shape index (κ3) is 3.77. The van der Waals surface area contributed by atoms with Gasteiger partial charge in [-0.3, -0.25) is 9.69 Å². The molecule has 1 heterocycles. The summed E-state index contributed by atoms with van der Waals surface area (Å²) in [5.41, 5.74) is 0. The number of ether oxygens (including phenoxy) is 1. The van der Waals surface area contributed by atoms with E-state index in [0.717, 1.165) is 19.5 Å². The molecule has 0 saturated carbocycles. The van der Waals surface area contributed by atoms with Gasteiger partial charge in [-0.05, 0) is 19.4 Å². The predicted molar refractivity (Wildman–Crippen MR) is 54.7 cm³/mol. The Balaban J connectivity index is 2.29. The molecule has 15 heavy (non-hydrogen) atoms. The van der Waals surface area contributed by atoms with Crippen molar-refractivity contribution >= 4 is 5.97 Å². The summed E-state index contributed by atoms with van der Waals surface area (Å²) in [5, 5.41) is 17.7. The first-order valence-corrected chi connectivity index (χ1v) is 5.27. The number of aliphatic hydroxyl groups excluding tert-OH is 1. The maximum absolute atomic E-state index is 10.4. The van der Waals surface area contributed by atoms with E-state index >= 15 is 0 Å². The number of rotatable bonds is 6. The Kier molecular flexibility index (Phi) is 5.01. The number of carbonyl (C=O) groups is 1. The first kappa shape index (κ1) is 12.4. The normalized spacial score (nSPS) is 27.1. The lowest BCUT2D eigenvalue weighted by molar-refractivity contribution is -0.137. The summed E-state index contributed by atoms with van der Waals surface area (Å²) < 4.78 is 5.23. The van der Waals surface area contributed by atoms with Gasteiger partial charge in [0.25, 0.3) is 0 Å². The highest BCUT2D eigenvalue weighted by atomic mass is 16.5. The topological polar surface area (TPSA) is 70.0 Å². The van der Waals surface area contributed by atoms with Gasteiger partial charge in [-0.25, -0.2) is 0 Å². The number of methoxy groups -OCH3 is 1. The zero-order valence-electron chi connectivity index (χ0n) is 9.06. The zero-order chi connectivity index (χ0) is 11.3. The molecule has 0 spiro atoms. The fourth-order valence-electron chi connectivity index (χ4n) is 2.01. The number of hydrogen-bond donors (Lipinski definition) is 2. The molecule has 0 aromatic heterocycles. The van der Waals surface area contributed by atoms with Crippen LogP contribution in [0.1, 0.15) is 19.3 Å². The van der Waals surface area contributed by atoms with Crippen LogP contribution in [0.15, 0.2) is 0 Å². The first-order valence-electron chi connectivity index (χ1n) is 5.27. The molecular formula is C10H19NO4. The first-order chi connectivity index (χ1) is 7.17. The van der Waals surface area contributed by atoms with Gasteiger partial charge in [-0.15, -0.1) is 0 Å². The summed E-state index contributed by atoms with van der Waals surface area (Å²) in [7, 11) is 1.67. The van der Waals surface area contributed by atoms with Crippen molar-refractivity contribution in [3.05, 3.63) is 0 Å². The molecule has 2 atom stereocenters. The lowest BCUT2D eigenvalue weighted by Crippen LogP contribution is -2.33. The molecule has 1 aliphatic heterocycles. The molecule has 0 aromatic carbocycles. The highest BCUT2D eigenvalue weighted by Gasteiger charge is 2.30. The summed E-state index contributed by atoms with van der Waals surface area (Å²) in [6, 6.07) is 0.128. The van der Waals surface area contributed by atoms with Crippen molar-refractivity contribution < 1.29 is 19.7 Å². The number of nitrogens with zero attached hydrogens (tertiary/aromatic N) is 1. The van der Waals surface area contributed by atoms with E-state index in [9.17, 15) is 4.79 Å². The van der Waals surface area contributed by atoms with Crippen molar-refractivity contribution in [2.24, 2.45) is 0 Å². The monoisotopic (exact) mass is 217 g/mol. The molecule has 2 N–H and O–H groups in total. The van der Waals surface area contributed by atoms with Gasteiger partial charge in [0.15, 0.2) is 0 Å². The fraction of sp³-hybridized carbons (Fsp3) is 0.900. The molecular weight excluding hydrogens is 198 g/mol. The Morgan fingerprint density at radius 1 is 1.60 bits per heavy atom. The average molecular weight is 217 g/mol. The van der Waals surface area contributed by atoms with Crippen LogP contribution in [0.3, 0.4) is 0 Å². The van der Waals surface area contributed by atoms with E-state index < -0.39 is 5.97 Å². The standard InChI is InChI=1S/C10H19NO4/c1-15-9-5-8(7-12)11(6-9)4-2-3-10(13)14/h8-9,12H,2-7H2,1H3,(H,13,14)/t8-,9+/m0/s1. The molecule has 88 valence electrons. The Morgan fingerprint density at radius 3 is 2.87 bits per heavy atom. The average Bonchev–Trinajstić information content (AvgIpc) is 2.60. The number of likely N-dealkylation sites (tertiary alicyclic amines) is 1. The quantitative estimate of drug-likeness (QED) is 0.652. The van der Waals surface area contributed by atoms with Crippen LogP contribution in [0.2, 0.25) is 0 Å². The maximum Gasteiger partial charge on any atom is 0.303 e. The lowest BCUT2D eigenvalue weighted by atomic mass is 10.2. The Labute approximate surface area is 89.6 Å². The minimum absolute atomic E-state index is 0.118. The van der Waals surface area contributed by atoms with Crippen LogP contribution in [0.5, 0.6) is 0 Å². The van der Waals surface area contributed by atoms with Crippen LogP contribution in [0.25, 0.3) is 0 Å². The SMILES string of the molecule is CO[C@@H]1C[C@@H](CO)N(CCCC(=O)O)C1. The Hall–Kier alpha value is -0.650. The number of carboxylic acid groups (broad SMARTS) is 1. The van der Waals surface area contributed by atoms with Crippen LogP contribution in [-0.2, 0) is 9.53 Å². The van der Waals surface area contributed by atoms with Gasteiger partial charge < -0.3 is 14.9 Å². The lowest BCUT2D eigenvalue weighted by Gasteiger charge is -2.21. The minimum atomic E-state index is -0.766. The molecule has 0 bridgehead atoms. The summed E-state index contributed by atoms with van der Waals surface area (Å²) >= 11 is 0. The molecule has 5 heteroatoms. The van der Waals surface area contributed by atoms with Crippen molar-refractivity contribution in [1.82, 2.24) is 4.90 Å². The van der Waals surface area contributed by atoms with E-state index in [1.807, 2.05) is 0 Å². The molecule has 1 rings (SSSR count). The molecule has 0 unspecified atom stereocenters. The van der Waals surface area contributed by atoms with E-state index in [2.05, 4.69) is 4.90 Å². The zero-order valence-corrected chi connectivity index (χ0v) is 9.06. The van der Waals surface area contributed by atoms with E-state index in [1.165, 1.54) is 0 Å². The van der Waals surface area contributed by atoms with Crippen molar-refractivity contribution in [1.29, 1.82) is 0 Å². The van der Waals surface area contributed by atoms with Crippen LogP contribution in [-0.4, -0.2) is 60.0 Å². The molecule has 5 nitrogen and oxygen atoms in total. The molecule has 1 fully saturated rings. The Morgan fingerprint density at radius 2 is 2.33 bits per heavy atom. The van der Waals surface area contributed by atoms with Crippen molar-refractivity contribution in [3.63, 3.8) is 0 Å². The summed E-state index contributed by atoms with van der Waals surface area (Å²) in [6.07, 6.45) is 1.82. The summed E-state index contributed by atoms with van der Waals surface area (Å²) in [4.78, 5) is 12.5. The molecule has 0 aliphatic carbocycles. The van der Waals surface area contributed by atoms with Gasteiger partial charge in [0.2, 0.25) is 0 Å². The predicted octanol–water partition coefficient (Wildman–Crippen LogP) is -0.0672. The van der Waals surface area contributed by atoms with E-state index in [1.54, 1.807) is 7.11 Å². The maximum atomic E-state index is 10.4. The van der Waals surface area contributed by atoms with Gasteiger partial charge in [0.1, 0.15) is 0 Å². The second-order valence-corrected chi connectivity index (χ2v) is 3.92. The molecule has 0 radical (unpaired) electrons. The number of hydrogen-bond acceptors (Lipinski definition) is 4. The van der Waals surface area contributed by atoms with Gasteiger partial charge >= 0.3 is 5.97 Å². The van der Waals surface area contributed by atoms with Gasteiger partial charge in [0.05, 0.1) is 12.7 Å². The summed E-state index contributed by atoms with van der Waals surface area (Å²) in [5.74, 6) is -0.766. The molecule has 0 amide bonds. The number of carboxylic acids is 1. The van der Waals surface area contributed by atoms with Gasteiger partial charge in [0, 0.05) is 26.1 Å². The van der Waals surface area contributed by atoms with Crippen LogP contribution < -0.4 is 0 Å². The van der Waals surface area contributed by atoms with Crippen LogP contribution in [0, 0.1) is 0 Å². The Bertz CT molecular complexity index is 210. The summed E-state index contributed by atoms with van der Waals surface area (Å²) in [6.45, 7) is 1.63. The fourth-order valence-corrected chi connectivity index (χ4v) is 2.01. The van der Waals surface area contributed by atoms with Crippen molar-refractivity contribution in [2.45, 2.75) is 31.4 Å². The largest absolute Gasteiger partial charge is 0.481 e. The highest BCUT2D eigenvalue weighted by molar-refractivity contribution is 5.66. The van der Waals surface area contributed by atoms with Gasteiger partial charge in [-0.1, -0.05) is 0 Å². The number of aliphatic carboxylic acids is 1. The van der Waals surface area contributed by atoms with Crippen molar-refractivity contribution in [2.75, 3.05) is 26.8 Å². The third-order valence-electron chi connectivity index (χ3n) is 2.87. The smallest absolute Gasteiger partial charge is 0.303 e. The van der Waals surface area contributed by atoms with Crippen LogP contribution >= 0.6 is 0 Å². The van der Waals surface area contributed by atoms with Gasteiger partial charge in [-0.2, -0.15) is 0 Å². The minimum Gasteiger partial charge on any atom is -0.481 e. The molecule has 1 aliphatic rings. The van der Waals surface area contributed by atoms with E-state index in [4.69, 9.17) is 14.9 Å². The number of aliphatic hydroxyl groups is 1.